The van der Waals surface area contributed by atoms with Crippen LogP contribution in [-0.2, 0) is 0 Å². The molecule has 2 aromatic carbocycles. The van der Waals surface area contributed by atoms with Crippen LogP contribution < -0.4 is 0 Å². The highest BCUT2D eigenvalue weighted by atomic mass is 19.1. The zero-order valence-corrected chi connectivity index (χ0v) is 14.2. The van der Waals surface area contributed by atoms with E-state index in [0.29, 0.717) is 17.0 Å². The summed E-state index contributed by atoms with van der Waals surface area (Å²) < 4.78 is 15.9. The highest BCUT2D eigenvalue weighted by molar-refractivity contribution is 5.92. The van der Waals surface area contributed by atoms with Gasteiger partial charge in [0.05, 0.1) is 17.6 Å². The SMILES string of the molecule is Cc1cccc(C)c1-c1c(/C=N/O)c(C)nn1-c1ccc(O)cc1F. The lowest BCUT2D eigenvalue weighted by atomic mass is 9.96. The average molecular weight is 339 g/mol. The van der Waals surface area contributed by atoms with Gasteiger partial charge in [-0.05, 0) is 44.0 Å². The summed E-state index contributed by atoms with van der Waals surface area (Å²) >= 11 is 0. The number of oxime groups is 1. The number of hydrogen-bond donors (Lipinski definition) is 2. The van der Waals surface area contributed by atoms with E-state index in [4.69, 9.17) is 5.21 Å². The highest BCUT2D eigenvalue weighted by Crippen LogP contribution is 2.34. The molecule has 128 valence electrons. The van der Waals surface area contributed by atoms with Crippen LogP contribution >= 0.6 is 0 Å². The van der Waals surface area contributed by atoms with Crippen LogP contribution in [0.4, 0.5) is 4.39 Å². The third-order valence-electron chi connectivity index (χ3n) is 4.17. The Kier molecular flexibility index (Phi) is 4.27. The van der Waals surface area contributed by atoms with E-state index in [1.807, 2.05) is 32.0 Å². The molecule has 1 heterocycles. The first-order valence-electron chi connectivity index (χ1n) is 7.76. The molecule has 0 fully saturated rings. The summed E-state index contributed by atoms with van der Waals surface area (Å²) in [5, 5.41) is 26.1. The first-order valence-corrected chi connectivity index (χ1v) is 7.76. The summed E-state index contributed by atoms with van der Waals surface area (Å²) in [6.07, 6.45) is 1.30. The Morgan fingerprint density at radius 1 is 1.12 bits per heavy atom. The summed E-state index contributed by atoms with van der Waals surface area (Å²) in [6, 6.07) is 9.78. The molecule has 0 aliphatic heterocycles. The topological polar surface area (TPSA) is 70.6 Å². The lowest BCUT2D eigenvalue weighted by Gasteiger charge is -2.14. The van der Waals surface area contributed by atoms with Crippen molar-refractivity contribution in [3.8, 4) is 22.7 Å². The number of aromatic hydroxyl groups is 1. The fraction of sp³-hybridized carbons (Fsp3) is 0.158. The first-order chi connectivity index (χ1) is 11.9. The molecule has 1 aromatic heterocycles. The van der Waals surface area contributed by atoms with Gasteiger partial charge in [0, 0.05) is 17.2 Å². The number of hydrogen-bond acceptors (Lipinski definition) is 4. The van der Waals surface area contributed by atoms with Crippen LogP contribution in [0.5, 0.6) is 5.75 Å². The number of aryl methyl sites for hydroxylation is 3. The summed E-state index contributed by atoms with van der Waals surface area (Å²) in [7, 11) is 0. The quantitative estimate of drug-likeness (QED) is 0.428. The molecule has 0 unspecified atom stereocenters. The number of rotatable bonds is 3. The van der Waals surface area contributed by atoms with Gasteiger partial charge in [0.15, 0.2) is 5.82 Å². The number of halogens is 1. The van der Waals surface area contributed by atoms with Gasteiger partial charge in [0.1, 0.15) is 11.4 Å². The standard InChI is InChI=1S/C19H18FN3O2/c1-11-5-4-6-12(2)18(11)19-15(10-21-25)13(3)22-23(19)17-8-7-14(24)9-16(17)20/h4-10,24-25H,1-3H3/b21-10+. The summed E-state index contributed by atoms with van der Waals surface area (Å²) in [5.74, 6) is -0.752. The maximum atomic E-state index is 14.5. The molecule has 0 atom stereocenters. The molecule has 0 bridgehead atoms. The van der Waals surface area contributed by atoms with E-state index in [1.54, 1.807) is 6.92 Å². The van der Waals surface area contributed by atoms with Crippen molar-refractivity contribution in [3.05, 3.63) is 64.6 Å². The lowest BCUT2D eigenvalue weighted by Crippen LogP contribution is -2.04. The van der Waals surface area contributed by atoms with Crippen LogP contribution in [0.25, 0.3) is 16.9 Å². The van der Waals surface area contributed by atoms with Crippen molar-refractivity contribution in [2.75, 3.05) is 0 Å². The van der Waals surface area contributed by atoms with E-state index in [2.05, 4.69) is 10.3 Å². The molecule has 0 aliphatic rings. The van der Waals surface area contributed by atoms with Crippen molar-refractivity contribution in [1.29, 1.82) is 0 Å². The Balaban J connectivity index is 2.40. The molecule has 0 amide bonds. The van der Waals surface area contributed by atoms with Crippen molar-refractivity contribution in [2.45, 2.75) is 20.8 Å². The van der Waals surface area contributed by atoms with Crippen LogP contribution in [0.2, 0.25) is 0 Å². The molecule has 6 heteroatoms. The highest BCUT2D eigenvalue weighted by Gasteiger charge is 2.22. The number of benzene rings is 2. The molecule has 5 nitrogen and oxygen atoms in total. The summed E-state index contributed by atoms with van der Waals surface area (Å²) in [6.45, 7) is 5.69. The Morgan fingerprint density at radius 2 is 1.80 bits per heavy atom. The van der Waals surface area contributed by atoms with E-state index in [0.717, 1.165) is 22.8 Å². The molecular weight excluding hydrogens is 321 g/mol. The van der Waals surface area contributed by atoms with E-state index in [9.17, 15) is 9.50 Å². The van der Waals surface area contributed by atoms with Crippen molar-refractivity contribution in [1.82, 2.24) is 9.78 Å². The fourth-order valence-corrected chi connectivity index (χ4v) is 3.02. The Labute approximate surface area is 144 Å². The number of phenols is 1. The second-order valence-corrected chi connectivity index (χ2v) is 5.91. The van der Waals surface area contributed by atoms with Gasteiger partial charge in [-0.1, -0.05) is 23.4 Å². The van der Waals surface area contributed by atoms with Crippen molar-refractivity contribution in [2.24, 2.45) is 5.16 Å². The maximum Gasteiger partial charge on any atom is 0.152 e. The summed E-state index contributed by atoms with van der Waals surface area (Å²) in [4.78, 5) is 0. The van der Waals surface area contributed by atoms with Crippen LogP contribution in [0, 0.1) is 26.6 Å². The third-order valence-corrected chi connectivity index (χ3v) is 4.17. The maximum absolute atomic E-state index is 14.5. The minimum atomic E-state index is -0.595. The predicted molar refractivity (Wildman–Crippen MR) is 94.2 cm³/mol. The zero-order valence-electron chi connectivity index (χ0n) is 14.2. The second-order valence-electron chi connectivity index (χ2n) is 5.91. The van der Waals surface area contributed by atoms with Crippen LogP contribution in [0.3, 0.4) is 0 Å². The molecule has 0 saturated heterocycles. The Bertz CT molecular complexity index is 957. The zero-order chi connectivity index (χ0) is 18.1. The monoisotopic (exact) mass is 339 g/mol. The second kappa shape index (κ2) is 6.39. The van der Waals surface area contributed by atoms with Gasteiger partial charge in [-0.3, -0.25) is 0 Å². The van der Waals surface area contributed by atoms with Crippen LogP contribution in [0.15, 0.2) is 41.6 Å². The predicted octanol–water partition coefficient (Wildman–Crippen LogP) is 4.12. The van der Waals surface area contributed by atoms with E-state index in [1.165, 1.54) is 23.0 Å². The number of nitrogens with zero attached hydrogens (tertiary/aromatic N) is 3. The van der Waals surface area contributed by atoms with E-state index >= 15 is 0 Å². The minimum absolute atomic E-state index is 0.157. The molecule has 2 N–H and O–H groups in total. The molecule has 0 radical (unpaired) electrons. The molecule has 3 aromatic rings. The normalized spacial score (nSPS) is 11.4. The Hall–Kier alpha value is -3.15. The molecule has 0 saturated carbocycles. The molecular formula is C19H18FN3O2. The lowest BCUT2D eigenvalue weighted by molar-refractivity contribution is 0.322. The van der Waals surface area contributed by atoms with Crippen molar-refractivity contribution < 1.29 is 14.7 Å². The Morgan fingerprint density at radius 3 is 2.40 bits per heavy atom. The molecule has 0 aliphatic carbocycles. The van der Waals surface area contributed by atoms with Gasteiger partial charge >= 0.3 is 0 Å². The fourth-order valence-electron chi connectivity index (χ4n) is 3.02. The van der Waals surface area contributed by atoms with Gasteiger partial charge in [-0.15, -0.1) is 0 Å². The number of aromatic nitrogens is 2. The van der Waals surface area contributed by atoms with Crippen molar-refractivity contribution >= 4 is 6.21 Å². The summed E-state index contributed by atoms with van der Waals surface area (Å²) in [5.41, 5.74) is 4.92. The van der Waals surface area contributed by atoms with Gasteiger partial charge in [-0.25, -0.2) is 9.07 Å². The first kappa shape index (κ1) is 16.7. The third kappa shape index (κ3) is 2.87. The molecule has 0 spiro atoms. The van der Waals surface area contributed by atoms with Gasteiger partial charge < -0.3 is 10.3 Å². The van der Waals surface area contributed by atoms with E-state index in [-0.39, 0.29) is 11.4 Å². The average Bonchev–Trinajstić information content (AvgIpc) is 2.85. The van der Waals surface area contributed by atoms with Crippen LogP contribution in [-0.4, -0.2) is 26.3 Å². The van der Waals surface area contributed by atoms with Crippen LogP contribution in [0.1, 0.15) is 22.4 Å². The molecule has 3 rings (SSSR count). The largest absolute Gasteiger partial charge is 0.508 e. The van der Waals surface area contributed by atoms with Gasteiger partial charge in [0.25, 0.3) is 0 Å². The van der Waals surface area contributed by atoms with Crippen molar-refractivity contribution in [3.63, 3.8) is 0 Å². The molecule has 25 heavy (non-hydrogen) atoms. The van der Waals surface area contributed by atoms with E-state index < -0.39 is 5.82 Å². The van der Waals surface area contributed by atoms with Gasteiger partial charge in [-0.2, -0.15) is 5.10 Å². The minimum Gasteiger partial charge on any atom is -0.508 e. The smallest absolute Gasteiger partial charge is 0.152 e. The number of phenolic OH excluding ortho intramolecular Hbond substituents is 1. The van der Waals surface area contributed by atoms with Gasteiger partial charge in [0.2, 0.25) is 0 Å².